The van der Waals surface area contributed by atoms with Crippen molar-refractivity contribution in [3.8, 4) is 6.07 Å². The van der Waals surface area contributed by atoms with Crippen molar-refractivity contribution in [3.63, 3.8) is 0 Å². The number of rotatable bonds is 6. The molecule has 0 radical (unpaired) electrons. The number of benzene rings is 2. The Morgan fingerprint density at radius 2 is 1.93 bits per heavy atom. The molecular formula is C18H16N4O4S. The first-order chi connectivity index (χ1) is 12.8. The molecule has 9 heteroatoms. The number of nitriles is 1. The maximum absolute atomic E-state index is 12.7. The summed E-state index contributed by atoms with van der Waals surface area (Å²) in [6, 6.07) is 12.6. The van der Waals surface area contributed by atoms with Gasteiger partial charge in [-0.3, -0.25) is 0 Å². The third-order valence-corrected chi connectivity index (χ3v) is 5.17. The van der Waals surface area contributed by atoms with E-state index in [0.717, 1.165) is 12.7 Å². The van der Waals surface area contributed by atoms with Gasteiger partial charge in [0, 0.05) is 0 Å². The first-order valence-corrected chi connectivity index (χ1v) is 9.20. The van der Waals surface area contributed by atoms with Crippen LogP contribution in [0.1, 0.15) is 22.7 Å². The Labute approximate surface area is 156 Å². The van der Waals surface area contributed by atoms with Gasteiger partial charge < -0.3 is 10.3 Å². The molecule has 0 saturated carbocycles. The van der Waals surface area contributed by atoms with Crippen molar-refractivity contribution in [1.29, 1.82) is 5.26 Å². The summed E-state index contributed by atoms with van der Waals surface area (Å²) in [5.74, 6) is -1.02. The Morgan fingerprint density at radius 1 is 1.26 bits per heavy atom. The van der Waals surface area contributed by atoms with Gasteiger partial charge in [0.25, 0.3) is 0 Å². The topological polar surface area (TPSA) is 133 Å². The van der Waals surface area contributed by atoms with Gasteiger partial charge in [-0.2, -0.15) is 14.8 Å². The van der Waals surface area contributed by atoms with Crippen LogP contribution in [0.4, 0.5) is 0 Å². The summed E-state index contributed by atoms with van der Waals surface area (Å²) >= 11 is 0. The highest BCUT2D eigenvalue weighted by molar-refractivity contribution is 7.89. The lowest BCUT2D eigenvalue weighted by Gasteiger charge is -2.15. The first-order valence-electron chi connectivity index (χ1n) is 7.71. The van der Waals surface area contributed by atoms with Gasteiger partial charge in [0.2, 0.25) is 10.0 Å². The van der Waals surface area contributed by atoms with Crippen LogP contribution < -0.4 is 4.72 Å². The van der Waals surface area contributed by atoms with E-state index in [0.29, 0.717) is 0 Å². The average Bonchev–Trinajstić information content (AvgIpc) is 2.67. The maximum Gasteiger partial charge on any atom is 0.418 e. The van der Waals surface area contributed by atoms with Crippen LogP contribution in [0.5, 0.6) is 0 Å². The number of nitrogens with one attached hydrogen (secondary N) is 1. The minimum atomic E-state index is -4.07. The predicted molar refractivity (Wildman–Crippen MR) is 96.0 cm³/mol. The van der Waals surface area contributed by atoms with Gasteiger partial charge in [-0.1, -0.05) is 29.8 Å². The van der Waals surface area contributed by atoms with Crippen LogP contribution in [-0.2, 0) is 19.6 Å². The van der Waals surface area contributed by atoms with E-state index in [9.17, 15) is 18.7 Å². The molecule has 0 aliphatic rings. The highest BCUT2D eigenvalue weighted by Gasteiger charge is 2.37. The second-order valence-corrected chi connectivity index (χ2v) is 7.30. The molecule has 2 aromatic rings. The van der Waals surface area contributed by atoms with Crippen molar-refractivity contribution in [3.05, 3.63) is 70.8 Å². The van der Waals surface area contributed by atoms with Crippen LogP contribution in [0.3, 0.4) is 0 Å². The number of hydrogen-bond acceptors (Lipinski definition) is 5. The van der Waals surface area contributed by atoms with Crippen molar-refractivity contribution < 1.29 is 22.7 Å². The zero-order chi connectivity index (χ0) is 20.0. The van der Waals surface area contributed by atoms with E-state index < -0.39 is 27.7 Å². The molecule has 8 nitrogen and oxygen atoms in total. The molecule has 0 spiro atoms. The van der Waals surface area contributed by atoms with Crippen LogP contribution in [0.2, 0.25) is 0 Å². The minimum absolute atomic E-state index is 0.0308. The molecule has 0 saturated heterocycles. The fourth-order valence-corrected chi connectivity index (χ4v) is 3.52. The maximum atomic E-state index is 12.7. The van der Waals surface area contributed by atoms with Crippen molar-refractivity contribution in [2.45, 2.75) is 17.9 Å². The molecule has 2 rings (SSSR count). The Morgan fingerprint density at radius 3 is 2.48 bits per heavy atom. The Bertz CT molecular complexity index is 1050. The fourth-order valence-electron chi connectivity index (χ4n) is 2.33. The Balaban J connectivity index is 2.55. The molecule has 27 heavy (non-hydrogen) atoms. The Hall–Kier alpha value is -3.31. The second kappa shape index (κ2) is 8.38. The van der Waals surface area contributed by atoms with Gasteiger partial charge in [0.1, 0.15) is 0 Å². The summed E-state index contributed by atoms with van der Waals surface area (Å²) < 4.78 is 32.4. The van der Waals surface area contributed by atoms with Crippen molar-refractivity contribution >= 4 is 21.7 Å². The SMILES string of the molecule is COC(=O)C(=[N+]=[N-])C(NS(=O)(=O)c1ccc(C)cc1)c1cccc(C#N)c1. The van der Waals surface area contributed by atoms with Crippen LogP contribution in [-0.4, -0.2) is 32.0 Å². The smallest absolute Gasteiger partial charge is 0.418 e. The zero-order valence-electron chi connectivity index (χ0n) is 14.6. The number of hydrogen-bond donors (Lipinski definition) is 1. The normalized spacial score (nSPS) is 11.7. The van der Waals surface area contributed by atoms with Gasteiger partial charge in [0.15, 0.2) is 6.04 Å². The van der Waals surface area contributed by atoms with E-state index in [1.165, 1.54) is 36.4 Å². The second-order valence-electron chi connectivity index (χ2n) is 5.58. The molecule has 0 fully saturated rings. The lowest BCUT2D eigenvalue weighted by molar-refractivity contribution is -0.138. The quantitative estimate of drug-likeness (QED) is 0.350. The summed E-state index contributed by atoms with van der Waals surface area (Å²) in [5, 5.41) is 9.07. The molecular weight excluding hydrogens is 368 g/mol. The molecule has 1 N–H and O–H groups in total. The lowest BCUT2D eigenvalue weighted by atomic mass is 10.0. The lowest BCUT2D eigenvalue weighted by Crippen LogP contribution is -2.38. The summed E-state index contributed by atoms with van der Waals surface area (Å²) in [5.41, 5.74) is 10.1. The van der Waals surface area contributed by atoms with E-state index >= 15 is 0 Å². The number of ether oxygens (including phenoxy) is 1. The molecule has 0 bridgehead atoms. The van der Waals surface area contributed by atoms with E-state index in [1.807, 2.05) is 13.0 Å². The van der Waals surface area contributed by atoms with E-state index in [1.54, 1.807) is 12.1 Å². The third-order valence-electron chi connectivity index (χ3n) is 3.73. The van der Waals surface area contributed by atoms with Crippen molar-refractivity contribution in [2.24, 2.45) is 0 Å². The minimum Gasteiger partial charge on any atom is -0.460 e. The van der Waals surface area contributed by atoms with Crippen LogP contribution in [0, 0.1) is 18.3 Å². The molecule has 0 aromatic heterocycles. The first kappa shape index (κ1) is 20.0. The van der Waals surface area contributed by atoms with Crippen molar-refractivity contribution in [2.75, 3.05) is 7.11 Å². The monoisotopic (exact) mass is 384 g/mol. The zero-order valence-corrected chi connectivity index (χ0v) is 15.4. The molecule has 138 valence electrons. The number of carbonyl (C=O) groups is 1. The standard InChI is InChI=1S/C18H16N4O4S/c1-12-6-8-15(9-7-12)27(24,25)22-16(17(21-20)18(23)26-2)14-5-3-4-13(10-14)11-19/h3-10,16,22H,1-2H3. The number of nitrogens with zero attached hydrogens (tertiary/aromatic N) is 3. The van der Waals surface area contributed by atoms with E-state index in [2.05, 4.69) is 14.2 Å². The van der Waals surface area contributed by atoms with Crippen LogP contribution in [0.15, 0.2) is 53.4 Å². The van der Waals surface area contributed by atoms with Crippen LogP contribution in [0.25, 0.3) is 5.53 Å². The van der Waals surface area contributed by atoms with E-state index in [-0.39, 0.29) is 16.0 Å². The number of aryl methyl sites for hydroxylation is 1. The molecule has 0 amide bonds. The summed E-state index contributed by atoms with van der Waals surface area (Å²) in [7, 11) is -3.00. The van der Waals surface area contributed by atoms with Gasteiger partial charge in [0.05, 0.1) is 23.6 Å². The predicted octanol–water partition coefficient (Wildman–Crippen LogP) is 1.73. The van der Waals surface area contributed by atoms with Gasteiger partial charge in [-0.15, -0.1) is 0 Å². The Kier molecular flexibility index (Phi) is 6.21. The highest BCUT2D eigenvalue weighted by atomic mass is 32.2. The average molecular weight is 384 g/mol. The van der Waals surface area contributed by atoms with E-state index in [4.69, 9.17) is 5.26 Å². The third kappa shape index (κ3) is 4.65. The molecule has 0 heterocycles. The molecule has 1 atom stereocenters. The number of carbonyl (C=O) groups excluding carboxylic acids is 1. The molecule has 0 aliphatic carbocycles. The molecule has 0 aliphatic heterocycles. The number of esters is 1. The molecule has 1 unspecified atom stereocenters. The summed E-state index contributed by atoms with van der Waals surface area (Å²) in [6.07, 6.45) is 0. The van der Waals surface area contributed by atoms with Gasteiger partial charge >= 0.3 is 11.7 Å². The summed E-state index contributed by atoms with van der Waals surface area (Å²) in [6.45, 7) is 1.81. The largest absolute Gasteiger partial charge is 0.460 e. The van der Waals surface area contributed by atoms with Gasteiger partial charge in [-0.25, -0.2) is 13.2 Å². The number of sulfonamides is 1. The molecule has 2 aromatic carbocycles. The summed E-state index contributed by atoms with van der Waals surface area (Å²) in [4.78, 5) is 14.9. The fraction of sp³-hybridized carbons (Fsp3) is 0.167. The van der Waals surface area contributed by atoms with Crippen LogP contribution >= 0.6 is 0 Å². The number of methoxy groups -OCH3 is 1. The van der Waals surface area contributed by atoms with Crippen molar-refractivity contribution in [1.82, 2.24) is 4.72 Å². The highest BCUT2D eigenvalue weighted by Crippen LogP contribution is 2.20. The van der Waals surface area contributed by atoms with Gasteiger partial charge in [-0.05, 0) is 36.8 Å².